The van der Waals surface area contributed by atoms with Crippen molar-refractivity contribution in [1.29, 1.82) is 0 Å². The van der Waals surface area contributed by atoms with Crippen molar-refractivity contribution in [1.82, 2.24) is 19.6 Å². The average molecular weight is 331 g/mol. The van der Waals surface area contributed by atoms with Crippen molar-refractivity contribution < 1.29 is 0 Å². The summed E-state index contributed by atoms with van der Waals surface area (Å²) < 4.78 is 1.37. The van der Waals surface area contributed by atoms with Crippen LogP contribution in [-0.2, 0) is 6.42 Å². The van der Waals surface area contributed by atoms with E-state index in [0.29, 0.717) is 26.4 Å². The van der Waals surface area contributed by atoms with Crippen molar-refractivity contribution in [2.24, 2.45) is 0 Å². The van der Waals surface area contributed by atoms with Crippen LogP contribution in [0.1, 0.15) is 18.4 Å². The highest BCUT2D eigenvalue weighted by molar-refractivity contribution is 7.16. The van der Waals surface area contributed by atoms with Crippen molar-refractivity contribution in [3.8, 4) is 0 Å². The summed E-state index contributed by atoms with van der Waals surface area (Å²) in [6.07, 6.45) is 3.35. The van der Waals surface area contributed by atoms with Crippen LogP contribution in [0, 0.1) is 0 Å². The van der Waals surface area contributed by atoms with E-state index in [0.717, 1.165) is 23.2 Å². The molecular formula is C15H11ClN4OS. The molecule has 0 bridgehead atoms. The van der Waals surface area contributed by atoms with Gasteiger partial charge in [0.25, 0.3) is 5.56 Å². The minimum Gasteiger partial charge on any atom is -0.266 e. The minimum atomic E-state index is -0.187. The third-order valence-corrected chi connectivity index (χ3v) is 4.79. The van der Waals surface area contributed by atoms with E-state index in [1.807, 2.05) is 12.1 Å². The van der Waals surface area contributed by atoms with Crippen molar-refractivity contribution in [2.75, 3.05) is 0 Å². The molecule has 4 rings (SSSR count). The molecule has 7 heteroatoms. The number of pyridine rings is 1. The Hall–Kier alpha value is -2.05. The van der Waals surface area contributed by atoms with E-state index in [1.54, 1.807) is 6.07 Å². The zero-order valence-corrected chi connectivity index (χ0v) is 13.3. The van der Waals surface area contributed by atoms with Gasteiger partial charge in [-0.2, -0.15) is 9.61 Å². The Kier molecular flexibility index (Phi) is 3.09. The van der Waals surface area contributed by atoms with E-state index < -0.39 is 0 Å². The lowest BCUT2D eigenvalue weighted by Crippen LogP contribution is -2.15. The van der Waals surface area contributed by atoms with Gasteiger partial charge in [-0.25, -0.2) is 4.98 Å². The van der Waals surface area contributed by atoms with Crippen molar-refractivity contribution in [2.45, 2.75) is 19.8 Å². The molecule has 5 nitrogen and oxygen atoms in total. The van der Waals surface area contributed by atoms with E-state index in [-0.39, 0.29) is 5.56 Å². The van der Waals surface area contributed by atoms with Gasteiger partial charge in [0.15, 0.2) is 0 Å². The molecule has 0 amide bonds. The lowest BCUT2D eigenvalue weighted by Gasteiger charge is -2.03. The molecule has 0 unspecified atom stereocenters. The van der Waals surface area contributed by atoms with Crippen molar-refractivity contribution in [3.05, 3.63) is 44.8 Å². The molecule has 22 heavy (non-hydrogen) atoms. The molecule has 0 aliphatic heterocycles. The van der Waals surface area contributed by atoms with Gasteiger partial charge >= 0.3 is 0 Å². The third-order valence-electron chi connectivity index (χ3n) is 3.52. The van der Waals surface area contributed by atoms with Gasteiger partial charge in [-0.05, 0) is 12.5 Å². The summed E-state index contributed by atoms with van der Waals surface area (Å²) in [7, 11) is 0. The van der Waals surface area contributed by atoms with Crippen LogP contribution in [-0.4, -0.2) is 19.6 Å². The molecule has 0 aliphatic carbocycles. The lowest BCUT2D eigenvalue weighted by molar-refractivity contribution is 0.829. The number of aryl methyl sites for hydroxylation is 1. The second-order valence-corrected chi connectivity index (χ2v) is 6.46. The van der Waals surface area contributed by atoms with Crippen LogP contribution in [0.2, 0.25) is 5.02 Å². The van der Waals surface area contributed by atoms with Gasteiger partial charge in [0.05, 0.1) is 21.4 Å². The zero-order chi connectivity index (χ0) is 15.3. The van der Waals surface area contributed by atoms with Crippen LogP contribution in [0.15, 0.2) is 29.2 Å². The first-order valence-corrected chi connectivity index (χ1v) is 8.14. The summed E-state index contributed by atoms with van der Waals surface area (Å²) in [6, 6.07) is 5.50. The molecule has 0 saturated heterocycles. The van der Waals surface area contributed by atoms with E-state index in [1.165, 1.54) is 22.0 Å². The Morgan fingerprint density at radius 2 is 2.14 bits per heavy atom. The summed E-state index contributed by atoms with van der Waals surface area (Å²) in [4.78, 5) is 22.2. The van der Waals surface area contributed by atoms with Crippen LogP contribution in [0.25, 0.3) is 26.8 Å². The molecule has 0 radical (unpaired) electrons. The van der Waals surface area contributed by atoms with Gasteiger partial charge in [0.2, 0.25) is 4.96 Å². The summed E-state index contributed by atoms with van der Waals surface area (Å²) in [5, 5.41) is 7.07. The Balaban J connectivity index is 2.17. The Bertz CT molecular complexity index is 1090. The number of benzene rings is 1. The molecule has 3 heterocycles. The predicted octanol–water partition coefficient (Wildman–Crippen LogP) is 3.46. The average Bonchev–Trinajstić information content (AvgIpc) is 2.91. The zero-order valence-electron chi connectivity index (χ0n) is 11.7. The van der Waals surface area contributed by atoms with Crippen molar-refractivity contribution >= 4 is 49.7 Å². The van der Waals surface area contributed by atoms with Crippen LogP contribution in [0.5, 0.6) is 0 Å². The number of nitrogens with zero attached hydrogens (tertiary/aromatic N) is 4. The summed E-state index contributed by atoms with van der Waals surface area (Å²) in [5.41, 5.74) is 1.10. The molecule has 0 saturated carbocycles. The van der Waals surface area contributed by atoms with Crippen LogP contribution in [0.3, 0.4) is 0 Å². The van der Waals surface area contributed by atoms with E-state index in [9.17, 15) is 4.79 Å². The maximum Gasteiger partial charge on any atom is 0.284 e. The quantitative estimate of drug-likeness (QED) is 0.528. The van der Waals surface area contributed by atoms with Crippen LogP contribution in [0.4, 0.5) is 0 Å². The molecule has 0 aliphatic rings. The molecule has 0 spiro atoms. The number of rotatable bonds is 2. The second-order valence-electron chi connectivity index (χ2n) is 5.01. The van der Waals surface area contributed by atoms with Crippen molar-refractivity contribution in [3.63, 3.8) is 0 Å². The number of aromatic nitrogens is 4. The van der Waals surface area contributed by atoms with Gasteiger partial charge < -0.3 is 0 Å². The highest BCUT2D eigenvalue weighted by Crippen LogP contribution is 2.26. The van der Waals surface area contributed by atoms with E-state index in [2.05, 4.69) is 22.0 Å². The summed E-state index contributed by atoms with van der Waals surface area (Å²) in [6.45, 7) is 2.08. The molecular weight excluding hydrogens is 320 g/mol. The number of hydrogen-bond donors (Lipinski definition) is 0. The molecule has 1 aromatic carbocycles. The first-order chi connectivity index (χ1) is 10.7. The molecule has 0 atom stereocenters. The van der Waals surface area contributed by atoms with E-state index >= 15 is 0 Å². The monoisotopic (exact) mass is 330 g/mol. The predicted molar refractivity (Wildman–Crippen MR) is 88.9 cm³/mol. The van der Waals surface area contributed by atoms with Gasteiger partial charge in [-0.1, -0.05) is 42.0 Å². The second kappa shape index (κ2) is 5.00. The SMILES string of the molecule is CCCc1nn2c(=O)c3cnc4c(Cl)cccc4c3nc2s1. The molecule has 0 N–H and O–H groups in total. The first kappa shape index (κ1) is 13.6. The Morgan fingerprint density at radius 1 is 1.27 bits per heavy atom. The van der Waals surface area contributed by atoms with Crippen LogP contribution < -0.4 is 5.56 Å². The summed E-state index contributed by atoms with van der Waals surface area (Å²) in [5.74, 6) is 0. The molecule has 0 fully saturated rings. The largest absolute Gasteiger partial charge is 0.284 e. The highest BCUT2D eigenvalue weighted by atomic mass is 35.5. The van der Waals surface area contributed by atoms with Crippen LogP contribution >= 0.6 is 22.9 Å². The fourth-order valence-corrected chi connectivity index (χ4v) is 3.71. The third kappa shape index (κ3) is 1.91. The number of hydrogen-bond acceptors (Lipinski definition) is 5. The lowest BCUT2D eigenvalue weighted by atomic mass is 10.1. The Labute approximate surface area is 134 Å². The highest BCUT2D eigenvalue weighted by Gasteiger charge is 2.14. The normalized spacial score (nSPS) is 11.7. The number of fused-ring (bicyclic) bond motifs is 4. The Morgan fingerprint density at radius 3 is 2.95 bits per heavy atom. The van der Waals surface area contributed by atoms with Gasteiger partial charge in [-0.3, -0.25) is 9.78 Å². The van der Waals surface area contributed by atoms with Gasteiger partial charge in [0.1, 0.15) is 5.01 Å². The first-order valence-electron chi connectivity index (χ1n) is 6.94. The number of halogens is 1. The maximum atomic E-state index is 12.6. The summed E-state index contributed by atoms with van der Waals surface area (Å²) >= 11 is 7.63. The molecule has 3 aromatic heterocycles. The van der Waals surface area contributed by atoms with Gasteiger partial charge in [-0.15, -0.1) is 0 Å². The maximum absolute atomic E-state index is 12.6. The standard InChI is InChI=1S/C15H11ClN4OS/c1-2-4-11-19-20-14(21)9-7-17-13-8(5-3-6-10(13)16)12(9)18-15(20)22-11/h3,5-7H,2,4H2,1H3. The fourth-order valence-electron chi connectivity index (χ4n) is 2.50. The molecule has 4 aromatic rings. The molecule has 110 valence electrons. The van der Waals surface area contributed by atoms with E-state index in [4.69, 9.17) is 11.6 Å². The topological polar surface area (TPSA) is 60.2 Å². The smallest absolute Gasteiger partial charge is 0.266 e. The minimum absolute atomic E-state index is 0.187. The number of para-hydroxylation sites is 1. The fraction of sp³-hybridized carbons (Fsp3) is 0.200. The van der Waals surface area contributed by atoms with Gasteiger partial charge in [0, 0.05) is 18.0 Å².